The van der Waals surface area contributed by atoms with Gasteiger partial charge < -0.3 is 23.6 Å². The first-order valence-electron chi connectivity index (χ1n) is 8.61. The summed E-state index contributed by atoms with van der Waals surface area (Å²) in [5, 5.41) is 4.46. The second kappa shape index (κ2) is 8.83. The van der Waals surface area contributed by atoms with Gasteiger partial charge in [0.05, 0.1) is 32.9 Å². The lowest BCUT2D eigenvalue weighted by atomic mass is 10.1. The number of rotatable bonds is 7. The van der Waals surface area contributed by atoms with Gasteiger partial charge in [-0.1, -0.05) is 28.9 Å². The van der Waals surface area contributed by atoms with Crippen LogP contribution in [0.1, 0.15) is 16.2 Å². The van der Waals surface area contributed by atoms with E-state index < -0.39 is 0 Å². The Kier molecular flexibility index (Phi) is 6.23. The Hall–Kier alpha value is -3.26. The van der Waals surface area contributed by atoms with Crippen LogP contribution in [0, 0.1) is 0 Å². The van der Waals surface area contributed by atoms with Crippen molar-refractivity contribution in [2.45, 2.75) is 6.54 Å². The molecule has 1 amide bonds. The predicted molar refractivity (Wildman–Crippen MR) is 107 cm³/mol. The first-order chi connectivity index (χ1) is 14.0. The fourth-order valence-electron chi connectivity index (χ4n) is 2.77. The summed E-state index contributed by atoms with van der Waals surface area (Å²) in [5.74, 6) is 1.56. The van der Waals surface area contributed by atoms with Crippen LogP contribution in [0.3, 0.4) is 0 Å². The third-order valence-corrected chi connectivity index (χ3v) is 4.54. The number of benzene rings is 2. The van der Waals surface area contributed by atoms with E-state index >= 15 is 0 Å². The molecule has 0 aliphatic rings. The molecule has 0 aliphatic carbocycles. The van der Waals surface area contributed by atoms with Crippen LogP contribution < -0.4 is 14.2 Å². The van der Waals surface area contributed by atoms with Crippen LogP contribution in [0.5, 0.6) is 17.2 Å². The maximum Gasteiger partial charge on any atom is 0.254 e. The number of hydrogen-bond acceptors (Lipinski definition) is 7. The van der Waals surface area contributed by atoms with Crippen molar-refractivity contribution in [2.75, 3.05) is 28.4 Å². The smallest absolute Gasteiger partial charge is 0.254 e. The van der Waals surface area contributed by atoms with E-state index in [-0.39, 0.29) is 18.3 Å². The van der Waals surface area contributed by atoms with E-state index in [1.165, 1.54) is 26.2 Å². The molecule has 0 bridgehead atoms. The van der Waals surface area contributed by atoms with Crippen molar-refractivity contribution in [1.29, 1.82) is 0 Å². The minimum atomic E-state index is -0.276. The number of aromatic nitrogens is 2. The van der Waals surface area contributed by atoms with E-state index in [1.54, 1.807) is 31.3 Å². The largest absolute Gasteiger partial charge is 0.493 e. The molecule has 0 unspecified atom stereocenters. The summed E-state index contributed by atoms with van der Waals surface area (Å²) in [4.78, 5) is 18.7. The second-order valence-corrected chi connectivity index (χ2v) is 6.47. The number of methoxy groups -OCH3 is 3. The summed E-state index contributed by atoms with van der Waals surface area (Å²) in [7, 11) is 6.11. The van der Waals surface area contributed by atoms with E-state index in [2.05, 4.69) is 10.1 Å². The lowest BCUT2D eigenvalue weighted by molar-refractivity contribution is 0.0768. The first kappa shape index (κ1) is 20.5. The fraction of sp³-hybridized carbons (Fsp3) is 0.250. The highest BCUT2D eigenvalue weighted by molar-refractivity contribution is 6.33. The van der Waals surface area contributed by atoms with Gasteiger partial charge in [-0.2, -0.15) is 4.98 Å². The van der Waals surface area contributed by atoms with Gasteiger partial charge in [0, 0.05) is 18.2 Å². The van der Waals surface area contributed by atoms with Crippen molar-refractivity contribution >= 4 is 17.5 Å². The van der Waals surface area contributed by atoms with Crippen molar-refractivity contribution in [2.24, 2.45) is 0 Å². The summed E-state index contributed by atoms with van der Waals surface area (Å²) < 4.78 is 21.2. The molecule has 0 saturated carbocycles. The Morgan fingerprint density at radius 1 is 1.10 bits per heavy atom. The van der Waals surface area contributed by atoms with Crippen molar-refractivity contribution in [3.05, 3.63) is 52.9 Å². The molecule has 0 fully saturated rings. The molecule has 0 saturated heterocycles. The number of nitrogens with zero attached hydrogens (tertiary/aromatic N) is 3. The Bertz CT molecular complexity index is 996. The van der Waals surface area contributed by atoms with Crippen LogP contribution in [-0.2, 0) is 6.54 Å². The zero-order valence-corrected chi connectivity index (χ0v) is 17.2. The average molecular weight is 418 g/mol. The topological polar surface area (TPSA) is 86.9 Å². The highest BCUT2D eigenvalue weighted by atomic mass is 35.5. The molecule has 0 atom stereocenters. The monoisotopic (exact) mass is 417 g/mol. The van der Waals surface area contributed by atoms with Crippen molar-refractivity contribution in [3.63, 3.8) is 0 Å². The number of ether oxygens (including phenoxy) is 3. The molecule has 9 heteroatoms. The van der Waals surface area contributed by atoms with Gasteiger partial charge in [-0.25, -0.2) is 0 Å². The molecule has 0 N–H and O–H groups in total. The molecule has 0 aliphatic heterocycles. The molecule has 8 nitrogen and oxygen atoms in total. The van der Waals surface area contributed by atoms with Crippen LogP contribution in [0.2, 0.25) is 5.02 Å². The quantitative estimate of drug-likeness (QED) is 0.579. The van der Waals surface area contributed by atoms with E-state index in [4.69, 9.17) is 30.3 Å². The summed E-state index contributed by atoms with van der Waals surface area (Å²) in [6.45, 7) is 0.118. The molecule has 3 rings (SSSR count). The fourth-order valence-corrected chi connectivity index (χ4v) is 2.99. The van der Waals surface area contributed by atoms with Crippen LogP contribution in [0.4, 0.5) is 0 Å². The van der Waals surface area contributed by atoms with Gasteiger partial charge in [0.15, 0.2) is 11.5 Å². The minimum absolute atomic E-state index is 0.118. The molecule has 0 spiro atoms. The Labute approximate surface area is 172 Å². The van der Waals surface area contributed by atoms with Crippen molar-refractivity contribution in [1.82, 2.24) is 15.0 Å². The van der Waals surface area contributed by atoms with E-state index in [0.717, 1.165) is 0 Å². The Balaban J connectivity index is 1.80. The Morgan fingerprint density at radius 3 is 2.34 bits per heavy atom. The van der Waals surface area contributed by atoms with Gasteiger partial charge in [-0.05, 0) is 24.3 Å². The lowest BCUT2D eigenvalue weighted by Gasteiger charge is -2.18. The van der Waals surface area contributed by atoms with Crippen LogP contribution in [0.15, 0.2) is 40.9 Å². The van der Waals surface area contributed by atoms with Gasteiger partial charge >= 0.3 is 0 Å². The SMILES string of the molecule is COc1cc(C(=O)N(C)Cc2nc(-c3ccccc3Cl)no2)cc(OC)c1OC. The van der Waals surface area contributed by atoms with Gasteiger partial charge in [0.1, 0.15) is 0 Å². The molecule has 2 aromatic carbocycles. The first-order valence-corrected chi connectivity index (χ1v) is 8.99. The maximum atomic E-state index is 12.9. The van der Waals surface area contributed by atoms with Gasteiger partial charge in [-0.15, -0.1) is 0 Å². The molecule has 29 heavy (non-hydrogen) atoms. The molecular formula is C20H20ClN3O5. The number of hydrogen-bond donors (Lipinski definition) is 0. The zero-order chi connectivity index (χ0) is 21.0. The third kappa shape index (κ3) is 4.27. The highest BCUT2D eigenvalue weighted by Gasteiger charge is 2.21. The van der Waals surface area contributed by atoms with Gasteiger partial charge in [-0.3, -0.25) is 4.79 Å². The molecular weight excluding hydrogens is 398 g/mol. The van der Waals surface area contributed by atoms with E-state index in [0.29, 0.717) is 39.2 Å². The number of carbonyl (C=O) groups excluding carboxylic acids is 1. The van der Waals surface area contributed by atoms with Gasteiger partial charge in [0.25, 0.3) is 5.91 Å². The van der Waals surface area contributed by atoms with Crippen molar-refractivity contribution < 1.29 is 23.5 Å². The molecule has 0 radical (unpaired) electrons. The molecule has 1 heterocycles. The van der Waals surface area contributed by atoms with Crippen LogP contribution in [0.25, 0.3) is 11.4 Å². The van der Waals surface area contributed by atoms with Crippen molar-refractivity contribution in [3.8, 4) is 28.6 Å². The predicted octanol–water partition coefficient (Wildman–Crippen LogP) is 3.69. The van der Waals surface area contributed by atoms with E-state index in [9.17, 15) is 4.79 Å². The minimum Gasteiger partial charge on any atom is -0.493 e. The standard InChI is InChI=1S/C20H20ClN3O5/c1-24(11-17-22-19(23-29-17)13-7-5-6-8-14(13)21)20(25)12-9-15(26-2)18(28-4)16(10-12)27-3/h5-10H,11H2,1-4H3. The summed E-state index contributed by atoms with van der Waals surface area (Å²) >= 11 is 6.17. The lowest BCUT2D eigenvalue weighted by Crippen LogP contribution is -2.26. The maximum absolute atomic E-state index is 12.9. The molecule has 1 aromatic heterocycles. The van der Waals surface area contributed by atoms with E-state index in [1.807, 2.05) is 12.1 Å². The third-order valence-electron chi connectivity index (χ3n) is 4.21. The number of carbonyl (C=O) groups is 1. The van der Waals surface area contributed by atoms with Crippen LogP contribution >= 0.6 is 11.6 Å². The van der Waals surface area contributed by atoms with Crippen LogP contribution in [-0.4, -0.2) is 49.3 Å². The van der Waals surface area contributed by atoms with Gasteiger partial charge in [0.2, 0.25) is 17.5 Å². The normalized spacial score (nSPS) is 10.5. The second-order valence-electron chi connectivity index (χ2n) is 6.07. The number of amides is 1. The zero-order valence-electron chi connectivity index (χ0n) is 16.4. The summed E-state index contributed by atoms with van der Waals surface area (Å²) in [5.41, 5.74) is 1.02. The molecule has 152 valence electrons. The average Bonchev–Trinajstić information content (AvgIpc) is 3.20. The molecule has 3 aromatic rings. The summed E-state index contributed by atoms with van der Waals surface area (Å²) in [6, 6.07) is 10.4. The highest BCUT2D eigenvalue weighted by Crippen LogP contribution is 2.38. The number of halogens is 1. The Morgan fingerprint density at radius 2 is 1.76 bits per heavy atom. The summed E-state index contributed by atoms with van der Waals surface area (Å²) in [6.07, 6.45) is 0.